The summed E-state index contributed by atoms with van der Waals surface area (Å²) in [7, 11) is 0. The van der Waals surface area contributed by atoms with Gasteiger partial charge in [0.2, 0.25) is 0 Å². The largest absolute Gasteiger partial charge is 0.352 e. The molecule has 0 fully saturated rings. The lowest BCUT2D eigenvalue weighted by molar-refractivity contribution is 0.0955. The molecule has 2 N–H and O–H groups in total. The van der Waals surface area contributed by atoms with Crippen molar-refractivity contribution in [3.63, 3.8) is 0 Å². The first-order valence-electron chi connectivity index (χ1n) is 10.1. The van der Waals surface area contributed by atoms with Crippen molar-refractivity contribution in [1.82, 2.24) is 10.3 Å². The summed E-state index contributed by atoms with van der Waals surface area (Å²) in [6, 6.07) is 10.9. The Morgan fingerprint density at radius 3 is 2.42 bits per heavy atom. The minimum Gasteiger partial charge on any atom is -0.352 e. The molecular weight excluding hydrogens is 413 g/mol. The van der Waals surface area contributed by atoms with Crippen LogP contribution < -0.4 is 10.6 Å². The quantitative estimate of drug-likeness (QED) is 0.560. The van der Waals surface area contributed by atoms with E-state index in [9.17, 15) is 14.0 Å². The minimum absolute atomic E-state index is 0.00903. The highest BCUT2D eigenvalue weighted by Gasteiger charge is 2.19. The normalized spacial score (nSPS) is 11.3. The molecule has 2 amide bonds. The van der Waals surface area contributed by atoms with Crippen molar-refractivity contribution >= 4 is 28.8 Å². The van der Waals surface area contributed by atoms with E-state index in [-0.39, 0.29) is 16.9 Å². The van der Waals surface area contributed by atoms with E-state index in [1.54, 1.807) is 42.5 Å². The molecule has 0 aliphatic carbocycles. The molecule has 0 unspecified atom stereocenters. The van der Waals surface area contributed by atoms with Gasteiger partial charge in [-0.05, 0) is 30.7 Å². The second-order valence-electron chi connectivity index (χ2n) is 8.31. The van der Waals surface area contributed by atoms with E-state index < -0.39 is 11.7 Å². The van der Waals surface area contributed by atoms with Gasteiger partial charge in [0.1, 0.15) is 5.82 Å². The summed E-state index contributed by atoms with van der Waals surface area (Å²) in [6.45, 7) is 8.55. The first-order chi connectivity index (χ1) is 14.7. The van der Waals surface area contributed by atoms with Crippen LogP contribution in [0.5, 0.6) is 0 Å². The van der Waals surface area contributed by atoms with Crippen LogP contribution in [0.3, 0.4) is 0 Å². The lowest BCUT2D eigenvalue weighted by atomic mass is 9.93. The molecule has 2 aromatic carbocycles. The molecule has 7 heteroatoms. The van der Waals surface area contributed by atoms with Crippen LogP contribution in [0.1, 0.15) is 57.8 Å². The second-order valence-corrected chi connectivity index (χ2v) is 9.26. The van der Waals surface area contributed by atoms with Gasteiger partial charge in [-0.1, -0.05) is 45.0 Å². The molecule has 0 aliphatic heterocycles. The van der Waals surface area contributed by atoms with E-state index in [1.807, 2.05) is 5.38 Å². The molecule has 1 aromatic heterocycles. The van der Waals surface area contributed by atoms with E-state index in [0.717, 1.165) is 10.7 Å². The molecule has 0 saturated heterocycles. The number of nitrogens with zero attached hydrogens (tertiary/aromatic N) is 1. The lowest BCUT2D eigenvalue weighted by Crippen LogP contribution is -2.27. The van der Waals surface area contributed by atoms with Crippen molar-refractivity contribution in [2.75, 3.05) is 11.9 Å². The predicted molar refractivity (Wildman–Crippen MR) is 122 cm³/mol. The number of rotatable bonds is 6. The van der Waals surface area contributed by atoms with Crippen LogP contribution >= 0.6 is 11.3 Å². The van der Waals surface area contributed by atoms with Crippen LogP contribution in [-0.4, -0.2) is 23.3 Å². The molecule has 3 aromatic rings. The molecular formula is C24H26FN3O2S. The standard InChI is InChI=1S/C24H26FN3O2S/c1-15-8-7-10-17(21(15)28-23(30)16-9-5-6-11-18(16)25)22(29)26-13-12-20-27-19(14-31-20)24(2,3)4/h5-11,14H,12-13H2,1-4H3,(H,26,29)(H,28,30). The molecule has 0 bridgehead atoms. The summed E-state index contributed by atoms with van der Waals surface area (Å²) < 4.78 is 14.0. The monoisotopic (exact) mass is 439 g/mol. The third-order valence-corrected chi connectivity index (χ3v) is 5.73. The number of thiazole rings is 1. The number of hydrogen-bond donors (Lipinski definition) is 2. The molecule has 0 saturated carbocycles. The van der Waals surface area contributed by atoms with Crippen LogP contribution in [0.15, 0.2) is 47.8 Å². The van der Waals surface area contributed by atoms with Gasteiger partial charge in [0.15, 0.2) is 0 Å². The van der Waals surface area contributed by atoms with Crippen LogP contribution in [0.25, 0.3) is 0 Å². The van der Waals surface area contributed by atoms with Crippen molar-refractivity contribution < 1.29 is 14.0 Å². The van der Waals surface area contributed by atoms with E-state index in [0.29, 0.717) is 29.8 Å². The van der Waals surface area contributed by atoms with Gasteiger partial charge >= 0.3 is 0 Å². The first-order valence-corrected chi connectivity index (χ1v) is 10.9. The van der Waals surface area contributed by atoms with Gasteiger partial charge in [-0.3, -0.25) is 9.59 Å². The van der Waals surface area contributed by atoms with E-state index >= 15 is 0 Å². The zero-order chi connectivity index (χ0) is 22.6. The molecule has 5 nitrogen and oxygen atoms in total. The maximum Gasteiger partial charge on any atom is 0.258 e. The zero-order valence-electron chi connectivity index (χ0n) is 18.1. The number of benzene rings is 2. The van der Waals surface area contributed by atoms with Gasteiger partial charge in [0, 0.05) is 23.8 Å². The number of anilines is 1. The van der Waals surface area contributed by atoms with Crippen molar-refractivity contribution in [1.29, 1.82) is 0 Å². The minimum atomic E-state index is -0.613. The zero-order valence-corrected chi connectivity index (χ0v) is 18.9. The fourth-order valence-electron chi connectivity index (χ4n) is 3.00. The SMILES string of the molecule is Cc1cccc(C(=O)NCCc2nc(C(C)(C)C)cs2)c1NC(=O)c1ccccc1F. The topological polar surface area (TPSA) is 71.1 Å². The molecule has 162 valence electrons. The van der Waals surface area contributed by atoms with Gasteiger partial charge in [0.05, 0.1) is 27.5 Å². The average molecular weight is 440 g/mol. The Labute approximate surface area is 185 Å². The van der Waals surface area contributed by atoms with Crippen LogP contribution in [0, 0.1) is 12.7 Å². The van der Waals surface area contributed by atoms with Crippen molar-refractivity contribution in [3.05, 3.63) is 81.1 Å². The second kappa shape index (κ2) is 9.39. The molecule has 3 rings (SSSR count). The number of carbonyl (C=O) groups excluding carboxylic acids is 2. The van der Waals surface area contributed by atoms with E-state index in [1.165, 1.54) is 18.2 Å². The van der Waals surface area contributed by atoms with E-state index in [2.05, 4.69) is 36.4 Å². The lowest BCUT2D eigenvalue weighted by Gasteiger charge is -2.15. The summed E-state index contributed by atoms with van der Waals surface area (Å²) in [5.41, 5.74) is 2.38. The maximum absolute atomic E-state index is 14.0. The Bertz CT molecular complexity index is 1100. The molecule has 0 spiro atoms. The summed E-state index contributed by atoms with van der Waals surface area (Å²) >= 11 is 1.58. The van der Waals surface area contributed by atoms with Crippen molar-refractivity contribution in [3.8, 4) is 0 Å². The highest BCUT2D eigenvalue weighted by atomic mass is 32.1. The number of carbonyl (C=O) groups is 2. The van der Waals surface area contributed by atoms with Gasteiger partial charge in [-0.25, -0.2) is 9.37 Å². The van der Waals surface area contributed by atoms with Gasteiger partial charge in [0.25, 0.3) is 11.8 Å². The molecule has 0 aliphatic rings. The van der Waals surface area contributed by atoms with Crippen LogP contribution in [-0.2, 0) is 11.8 Å². The number of para-hydroxylation sites is 1. The summed E-state index contributed by atoms with van der Waals surface area (Å²) in [5, 5.41) is 8.60. The van der Waals surface area contributed by atoms with E-state index in [4.69, 9.17) is 0 Å². The summed E-state index contributed by atoms with van der Waals surface area (Å²) in [5.74, 6) is -1.52. The van der Waals surface area contributed by atoms with Gasteiger partial charge in [-0.2, -0.15) is 0 Å². The fraction of sp³-hybridized carbons (Fsp3) is 0.292. The number of hydrogen-bond acceptors (Lipinski definition) is 4. The van der Waals surface area contributed by atoms with Crippen LogP contribution in [0.4, 0.5) is 10.1 Å². The molecule has 1 heterocycles. The Balaban J connectivity index is 1.69. The third kappa shape index (κ3) is 5.55. The van der Waals surface area contributed by atoms with Gasteiger partial charge in [-0.15, -0.1) is 11.3 Å². The predicted octanol–water partition coefficient (Wildman–Crippen LogP) is 5.11. The Morgan fingerprint density at radius 2 is 1.74 bits per heavy atom. The third-order valence-electron chi connectivity index (χ3n) is 4.82. The molecule has 31 heavy (non-hydrogen) atoms. The van der Waals surface area contributed by atoms with Crippen molar-refractivity contribution in [2.24, 2.45) is 0 Å². The maximum atomic E-state index is 14.0. The summed E-state index contributed by atoms with van der Waals surface area (Å²) in [6.07, 6.45) is 0.620. The number of aromatic nitrogens is 1. The van der Waals surface area contributed by atoms with Crippen molar-refractivity contribution in [2.45, 2.75) is 39.5 Å². The average Bonchev–Trinajstić information content (AvgIpc) is 3.19. The smallest absolute Gasteiger partial charge is 0.258 e. The van der Waals surface area contributed by atoms with Gasteiger partial charge < -0.3 is 10.6 Å². The number of halogens is 1. The highest BCUT2D eigenvalue weighted by Crippen LogP contribution is 2.24. The molecule has 0 atom stereocenters. The Kier molecular flexibility index (Phi) is 6.85. The fourth-order valence-corrected chi connectivity index (χ4v) is 4.02. The Morgan fingerprint density at radius 1 is 1.03 bits per heavy atom. The number of nitrogens with one attached hydrogen (secondary N) is 2. The Hall–Kier alpha value is -3.06. The number of amides is 2. The molecule has 0 radical (unpaired) electrons. The summed E-state index contributed by atoms with van der Waals surface area (Å²) in [4.78, 5) is 30.0. The highest BCUT2D eigenvalue weighted by molar-refractivity contribution is 7.09. The first kappa shape index (κ1) is 22.6. The van der Waals surface area contributed by atoms with Crippen LogP contribution in [0.2, 0.25) is 0 Å². The number of aryl methyl sites for hydroxylation is 1.